The maximum absolute atomic E-state index is 7.40. The second-order valence-electron chi connectivity index (χ2n) is 4.71. The molecule has 0 bridgehead atoms. The predicted octanol–water partition coefficient (Wildman–Crippen LogP) is 1.34. The zero-order valence-electron chi connectivity index (χ0n) is 10.3. The molecule has 0 aliphatic heterocycles. The number of halogens is 1. The average molecular weight is 323 g/mol. The zero-order chi connectivity index (χ0) is 11.6. The third-order valence-corrected chi connectivity index (χ3v) is 4.05. The van der Waals surface area contributed by atoms with Gasteiger partial charge in [-0.1, -0.05) is 52.4 Å². The van der Waals surface area contributed by atoms with Gasteiger partial charge < -0.3 is 28.0 Å². The summed E-state index contributed by atoms with van der Waals surface area (Å²) in [5.74, 6) is 0. The highest BCUT2D eigenvalue weighted by atomic mass is 127. The molecule has 0 aliphatic rings. The first-order chi connectivity index (χ1) is 7.18. The first-order valence-corrected chi connectivity index (χ1v) is 7.78. The van der Waals surface area contributed by atoms with Crippen LogP contribution in [0.5, 0.6) is 0 Å². The summed E-state index contributed by atoms with van der Waals surface area (Å²) in [6, 6.07) is 0. The van der Waals surface area contributed by atoms with Crippen molar-refractivity contribution in [2.45, 2.75) is 65.2 Å². The lowest BCUT2D eigenvalue weighted by Gasteiger charge is -2.22. The molecule has 2 heteroatoms. The van der Waals surface area contributed by atoms with Gasteiger partial charge >= 0.3 is 0 Å². The third-order valence-electron chi connectivity index (χ3n) is 3.29. The van der Waals surface area contributed by atoms with E-state index in [1.807, 2.05) is 0 Å². The Kier molecular flexibility index (Phi) is 9.87. The van der Waals surface area contributed by atoms with Crippen molar-refractivity contribution < 1.29 is 22.6 Å². The van der Waals surface area contributed by atoms with E-state index < -0.39 is 0 Å². The van der Waals surface area contributed by atoms with E-state index in [1.165, 1.54) is 49.4 Å². The Bertz CT molecular complexity index is 159. The van der Waals surface area contributed by atoms with E-state index in [0.717, 1.165) is 6.42 Å². The molecule has 0 rings (SSSR count). The van der Waals surface area contributed by atoms with Crippen molar-refractivity contribution in [3.63, 3.8) is 0 Å². The molecule has 1 N–H and O–H groups in total. The van der Waals surface area contributed by atoms with Gasteiger partial charge in [0.1, 0.15) is 0 Å². The van der Waals surface area contributed by atoms with Gasteiger partial charge in [0.05, 0.1) is 0 Å². The minimum Gasteiger partial charge on any atom is -0.797 e. The van der Waals surface area contributed by atoms with E-state index in [0.29, 0.717) is 0 Å². The fraction of sp³-hybridized carbons (Fsp3) is 0.923. The summed E-state index contributed by atoms with van der Waals surface area (Å²) < 4.78 is 1.31. The fourth-order valence-corrected chi connectivity index (χ4v) is 2.22. The zero-order valence-corrected chi connectivity index (χ0v) is 12.5. The van der Waals surface area contributed by atoms with Gasteiger partial charge in [0.15, 0.2) is 0 Å². The summed E-state index contributed by atoms with van der Waals surface area (Å²) in [6.07, 6.45) is 12.2. The minimum absolute atomic E-state index is 0.169. The molecule has 0 aromatic heterocycles. The van der Waals surface area contributed by atoms with Crippen LogP contribution in [0, 0.1) is 10.8 Å². The van der Waals surface area contributed by atoms with Crippen molar-refractivity contribution in [3.8, 4) is 0 Å². The van der Waals surface area contributed by atoms with E-state index in [4.69, 9.17) is 5.41 Å². The Labute approximate surface area is 109 Å². The number of hydrogen-bond acceptors (Lipinski definition) is 1. The molecule has 15 heavy (non-hydrogen) atoms. The Morgan fingerprint density at radius 3 is 2.07 bits per heavy atom. The van der Waals surface area contributed by atoms with E-state index in [-0.39, 0.29) is 5.41 Å². The van der Waals surface area contributed by atoms with Crippen LogP contribution in [0.25, 0.3) is 0 Å². The largest absolute Gasteiger partial charge is 0.797 e. The molecule has 0 aromatic carbocycles. The molecule has 0 spiro atoms. The first kappa shape index (κ1) is 15.4. The predicted molar refractivity (Wildman–Crippen MR) is 64.4 cm³/mol. The van der Waals surface area contributed by atoms with Crippen molar-refractivity contribution in [2.24, 2.45) is 5.41 Å². The lowest BCUT2D eigenvalue weighted by molar-refractivity contribution is -0.368. The van der Waals surface area contributed by atoms with Crippen LogP contribution in [0.3, 0.4) is 0 Å². The second kappa shape index (κ2) is 9.61. The third kappa shape index (κ3) is 8.23. The lowest BCUT2D eigenvalue weighted by Crippen LogP contribution is -3.35. The number of rotatable bonds is 10. The van der Waals surface area contributed by atoms with E-state index in [1.54, 1.807) is 6.21 Å². The highest BCUT2D eigenvalue weighted by molar-refractivity contribution is 5.61. The number of nitrogens with one attached hydrogen (secondary N) is 1. The Morgan fingerprint density at radius 1 is 1.07 bits per heavy atom. The second-order valence-corrected chi connectivity index (χ2v) is 5.79. The molecule has 0 saturated heterocycles. The quantitative estimate of drug-likeness (QED) is 0.272. The standard InChI is InChI=1S/C13H26IN/c1-3-13(2,12-15)10-8-6-4-5-7-9-11-14/h12,15H,3-11H2,1-2H3/q-1. The summed E-state index contributed by atoms with van der Waals surface area (Å²) in [5.41, 5.74) is 0.169. The number of hydrogen-bond donors (Lipinski definition) is 1. The van der Waals surface area contributed by atoms with E-state index >= 15 is 0 Å². The van der Waals surface area contributed by atoms with Gasteiger partial charge in [0.2, 0.25) is 0 Å². The molecule has 0 saturated carbocycles. The molecule has 0 fully saturated rings. The topological polar surface area (TPSA) is 23.9 Å². The Balaban J connectivity index is 3.33. The van der Waals surface area contributed by atoms with Crippen LogP contribution in [-0.2, 0) is 0 Å². The van der Waals surface area contributed by atoms with Gasteiger partial charge in [-0.2, -0.15) is 4.43 Å². The fourth-order valence-electron chi connectivity index (χ4n) is 1.68. The molecule has 1 atom stereocenters. The molecule has 0 amide bonds. The average Bonchev–Trinajstić information content (AvgIpc) is 2.27. The summed E-state index contributed by atoms with van der Waals surface area (Å²) in [7, 11) is 0. The molecular weight excluding hydrogens is 297 g/mol. The van der Waals surface area contributed by atoms with Gasteiger partial charge in [-0.25, -0.2) is 0 Å². The molecule has 1 radical (unpaired) electrons. The van der Waals surface area contributed by atoms with E-state index in [2.05, 4.69) is 36.4 Å². The lowest BCUT2D eigenvalue weighted by atomic mass is 9.83. The van der Waals surface area contributed by atoms with Gasteiger partial charge in [0.25, 0.3) is 0 Å². The van der Waals surface area contributed by atoms with Crippen LogP contribution in [0.2, 0.25) is 0 Å². The molecule has 1 unspecified atom stereocenters. The van der Waals surface area contributed by atoms with Crippen LogP contribution in [0.1, 0.15) is 65.2 Å². The minimum atomic E-state index is 0.169. The van der Waals surface area contributed by atoms with Crippen LogP contribution < -0.4 is 22.6 Å². The van der Waals surface area contributed by atoms with Gasteiger partial charge in [-0.15, -0.1) is 0 Å². The smallest absolute Gasteiger partial charge is 0.00187 e. The van der Waals surface area contributed by atoms with Crippen LogP contribution in [0.15, 0.2) is 0 Å². The summed E-state index contributed by atoms with van der Waals surface area (Å²) in [6.45, 7) is 4.39. The normalized spacial score (nSPS) is 14.9. The summed E-state index contributed by atoms with van der Waals surface area (Å²) >= 11 is 2.45. The van der Waals surface area contributed by atoms with Crippen LogP contribution >= 0.6 is 0 Å². The van der Waals surface area contributed by atoms with E-state index in [9.17, 15) is 0 Å². The highest BCUT2D eigenvalue weighted by Gasteiger charge is 2.17. The van der Waals surface area contributed by atoms with Crippen molar-refractivity contribution in [3.05, 3.63) is 0 Å². The van der Waals surface area contributed by atoms with Crippen molar-refractivity contribution in [1.82, 2.24) is 0 Å². The molecule has 0 aliphatic carbocycles. The van der Waals surface area contributed by atoms with Crippen molar-refractivity contribution in [1.29, 1.82) is 5.41 Å². The van der Waals surface area contributed by atoms with Crippen LogP contribution in [-0.4, -0.2) is 10.6 Å². The number of alkyl halides is 1. The van der Waals surface area contributed by atoms with Crippen molar-refractivity contribution >= 4 is 6.21 Å². The SMILES string of the molecule is CCC(C)(C=N)CCCCCCCC[I-]. The van der Waals surface area contributed by atoms with Gasteiger partial charge in [-0.05, 0) is 12.8 Å². The molecule has 0 heterocycles. The molecular formula is C13H26IN-. The monoisotopic (exact) mass is 323 g/mol. The maximum Gasteiger partial charge on any atom is 0.00187 e. The molecule has 91 valence electrons. The Morgan fingerprint density at radius 2 is 1.60 bits per heavy atom. The van der Waals surface area contributed by atoms with Gasteiger partial charge in [-0.3, -0.25) is 0 Å². The summed E-state index contributed by atoms with van der Waals surface area (Å²) in [5, 5.41) is 7.40. The van der Waals surface area contributed by atoms with Crippen molar-refractivity contribution in [2.75, 3.05) is 4.43 Å². The molecule has 1 nitrogen and oxygen atoms in total. The molecule has 0 aromatic rings. The Hall–Kier alpha value is 0.400. The summed E-state index contributed by atoms with van der Waals surface area (Å²) in [4.78, 5) is 0. The van der Waals surface area contributed by atoms with Crippen LogP contribution in [0.4, 0.5) is 0 Å². The number of unbranched alkanes of at least 4 members (excludes halogenated alkanes) is 5. The van der Waals surface area contributed by atoms with Gasteiger partial charge in [0, 0.05) is 11.6 Å². The highest BCUT2D eigenvalue weighted by Crippen LogP contribution is 2.25. The first-order valence-electron chi connectivity index (χ1n) is 6.26. The maximum atomic E-state index is 7.40.